The average molecular weight is 438 g/mol. The van der Waals surface area contributed by atoms with Gasteiger partial charge in [0.2, 0.25) is 5.92 Å². The van der Waals surface area contributed by atoms with E-state index in [2.05, 4.69) is 12.5 Å². The van der Waals surface area contributed by atoms with E-state index >= 15 is 0 Å². The molecule has 0 bridgehead atoms. The van der Waals surface area contributed by atoms with Gasteiger partial charge in [0.15, 0.2) is 5.78 Å². The van der Waals surface area contributed by atoms with Crippen molar-refractivity contribution in [2.75, 3.05) is 0 Å². The van der Waals surface area contributed by atoms with E-state index in [1.165, 1.54) is 12.0 Å². The largest absolute Gasteiger partial charge is 0.411 e. The zero-order valence-corrected chi connectivity index (χ0v) is 17.2. The molecule has 0 amide bonds. The first-order valence-corrected chi connectivity index (χ1v) is 9.81. The number of unbranched alkanes of at least 4 members (excludes halogenated alkanes) is 1. The lowest BCUT2D eigenvalue weighted by Gasteiger charge is -2.26. The lowest BCUT2D eigenvalue weighted by atomic mass is 9.80. The van der Waals surface area contributed by atoms with Crippen molar-refractivity contribution in [3.63, 3.8) is 0 Å². The van der Waals surface area contributed by atoms with Gasteiger partial charge in [-0.2, -0.15) is 26.3 Å². The first-order valence-electron chi connectivity index (χ1n) is 9.81. The Labute approximate surface area is 173 Å². The molecule has 8 heteroatoms. The van der Waals surface area contributed by atoms with Gasteiger partial charge in [-0.25, -0.2) is 0 Å². The molecule has 0 aliphatic heterocycles. The quantitative estimate of drug-likeness (QED) is 0.170. The Kier molecular flexibility index (Phi) is 9.22. The number of halogens is 6. The number of allylic oxidation sites excluding steroid dienone is 3. The number of rotatable bonds is 7. The van der Waals surface area contributed by atoms with Gasteiger partial charge in [0.1, 0.15) is 0 Å². The van der Waals surface area contributed by atoms with E-state index in [0.29, 0.717) is 38.5 Å². The lowest BCUT2D eigenvalue weighted by Crippen LogP contribution is -2.35. The summed E-state index contributed by atoms with van der Waals surface area (Å²) in [6, 6.07) is 0. The molecule has 1 unspecified atom stereocenters. The fraction of sp³-hybridized carbons (Fsp3) is 0.682. The van der Waals surface area contributed by atoms with Crippen LogP contribution in [0.15, 0.2) is 24.3 Å². The van der Waals surface area contributed by atoms with E-state index in [-0.39, 0.29) is 18.1 Å². The van der Waals surface area contributed by atoms with Crippen molar-refractivity contribution in [2.24, 2.45) is 17.3 Å². The van der Waals surface area contributed by atoms with Crippen molar-refractivity contribution in [3.05, 3.63) is 24.3 Å². The van der Waals surface area contributed by atoms with Gasteiger partial charge in [0, 0.05) is 12.3 Å². The van der Waals surface area contributed by atoms with Crippen LogP contribution in [0.4, 0.5) is 26.3 Å². The number of carbonyl (C=O) groups is 1. The van der Waals surface area contributed by atoms with E-state index in [1.807, 2.05) is 0 Å². The summed E-state index contributed by atoms with van der Waals surface area (Å²) in [6.07, 6.45) is -5.10. The molecule has 0 heterocycles. The average Bonchev–Trinajstić information content (AvgIpc) is 2.58. The fourth-order valence-corrected chi connectivity index (χ4v) is 3.24. The predicted octanol–water partition coefficient (Wildman–Crippen LogP) is 6.16. The molecule has 1 fully saturated rings. The molecule has 0 aromatic carbocycles. The van der Waals surface area contributed by atoms with Gasteiger partial charge in [-0.3, -0.25) is 4.79 Å². The van der Waals surface area contributed by atoms with Crippen LogP contribution in [0.3, 0.4) is 0 Å². The number of ketones is 1. The van der Waals surface area contributed by atoms with Gasteiger partial charge in [0.05, 0.1) is 6.10 Å². The molecule has 170 valence electrons. The molecule has 0 aromatic rings. The van der Waals surface area contributed by atoms with Gasteiger partial charge in [0.25, 0.3) is 0 Å². The normalized spacial score (nSPS) is 21.1. The van der Waals surface area contributed by atoms with Crippen LogP contribution in [0.25, 0.3) is 0 Å². The van der Waals surface area contributed by atoms with Crippen molar-refractivity contribution in [1.29, 1.82) is 0 Å². The Morgan fingerprint density at radius 1 is 1.23 bits per heavy atom. The highest BCUT2D eigenvalue weighted by Gasteiger charge is 2.55. The summed E-state index contributed by atoms with van der Waals surface area (Å²) in [5.74, 6) is -0.752. The van der Waals surface area contributed by atoms with Gasteiger partial charge >= 0.3 is 12.4 Å². The third-order valence-electron chi connectivity index (χ3n) is 5.12. The first-order chi connectivity index (χ1) is 13.6. The van der Waals surface area contributed by atoms with Crippen molar-refractivity contribution >= 4 is 5.78 Å². The molecule has 1 aliphatic carbocycles. The molecule has 1 aliphatic rings. The van der Waals surface area contributed by atoms with Crippen LogP contribution in [-0.4, -0.2) is 29.3 Å². The smallest absolute Gasteiger partial charge is 0.393 e. The number of carbonyl (C=O) groups excluding carboxylic acids is 1. The minimum atomic E-state index is -5.45. The van der Waals surface area contributed by atoms with Gasteiger partial charge in [-0.1, -0.05) is 38.0 Å². The molecule has 30 heavy (non-hydrogen) atoms. The summed E-state index contributed by atoms with van der Waals surface area (Å²) < 4.78 is 75.0. The van der Waals surface area contributed by atoms with Crippen LogP contribution in [0, 0.1) is 29.1 Å². The zero-order chi connectivity index (χ0) is 23.2. The number of hydrogen-bond acceptors (Lipinski definition) is 2. The van der Waals surface area contributed by atoms with Crippen molar-refractivity contribution < 1.29 is 36.2 Å². The van der Waals surface area contributed by atoms with Crippen LogP contribution >= 0.6 is 0 Å². The highest BCUT2D eigenvalue weighted by Crippen LogP contribution is 2.39. The molecule has 0 radical (unpaired) electrons. The Balaban J connectivity index is 2.50. The molecular weight excluding hydrogens is 410 g/mol. The fourth-order valence-electron chi connectivity index (χ4n) is 3.24. The molecule has 1 N–H and O–H groups in total. The lowest BCUT2D eigenvalue weighted by molar-refractivity contribution is -0.264. The molecule has 0 spiro atoms. The summed E-state index contributed by atoms with van der Waals surface area (Å²) in [6.45, 7) is 7.32. The summed E-state index contributed by atoms with van der Waals surface area (Å²) in [7, 11) is 0. The van der Waals surface area contributed by atoms with Crippen LogP contribution < -0.4 is 0 Å². The van der Waals surface area contributed by atoms with Crippen molar-refractivity contribution in [2.45, 2.75) is 77.2 Å². The van der Waals surface area contributed by atoms with E-state index < -0.39 is 29.8 Å². The summed E-state index contributed by atoms with van der Waals surface area (Å²) >= 11 is 0. The first kappa shape index (κ1) is 26.3. The molecular formula is C22H28F6O2. The SMILES string of the molecule is C=C1CC[C@H](O)CC1C(=O)C=CCCCC(C)(C)CC#CC(C(F)(F)F)C(F)(F)F. The molecule has 0 aromatic heterocycles. The number of aliphatic hydroxyl groups is 1. The van der Waals surface area contributed by atoms with E-state index in [0.717, 1.165) is 5.57 Å². The molecule has 0 saturated heterocycles. The standard InChI is InChI=1S/C22H28F6O2/c1-15-10-11-16(29)14-17(15)18(30)8-5-4-6-12-20(2,3)13-7-9-19(21(23,24)25)22(26,27)28/h5,8,16-17,19,29H,1,4,6,10-14H2,2-3H3/t16-,17?/m0/s1. The van der Waals surface area contributed by atoms with E-state index in [9.17, 15) is 36.2 Å². The zero-order valence-electron chi connectivity index (χ0n) is 17.2. The molecule has 2 atom stereocenters. The predicted molar refractivity (Wildman–Crippen MR) is 102 cm³/mol. The Hall–Kier alpha value is -1.75. The van der Waals surface area contributed by atoms with Gasteiger partial charge in [-0.05, 0) is 50.0 Å². The number of hydrogen-bond donors (Lipinski definition) is 1. The minimum absolute atomic E-state index is 0.0991. The number of aliphatic hydroxyl groups excluding tert-OH is 1. The second kappa shape index (κ2) is 10.5. The molecule has 1 rings (SSSR count). The van der Waals surface area contributed by atoms with Crippen LogP contribution in [-0.2, 0) is 4.79 Å². The van der Waals surface area contributed by atoms with Crippen LogP contribution in [0.5, 0.6) is 0 Å². The monoisotopic (exact) mass is 438 g/mol. The summed E-state index contributed by atoms with van der Waals surface area (Å²) in [4.78, 5) is 12.2. The third-order valence-corrected chi connectivity index (χ3v) is 5.12. The Morgan fingerprint density at radius 3 is 2.40 bits per heavy atom. The van der Waals surface area contributed by atoms with E-state index in [4.69, 9.17) is 0 Å². The minimum Gasteiger partial charge on any atom is -0.393 e. The maximum absolute atomic E-state index is 12.5. The summed E-state index contributed by atoms with van der Waals surface area (Å²) in [5, 5.41) is 9.69. The summed E-state index contributed by atoms with van der Waals surface area (Å²) in [5.41, 5.74) is 0.250. The van der Waals surface area contributed by atoms with E-state index in [1.54, 1.807) is 19.9 Å². The number of alkyl halides is 6. The van der Waals surface area contributed by atoms with Gasteiger partial charge in [-0.15, -0.1) is 5.92 Å². The maximum atomic E-state index is 12.5. The Bertz CT molecular complexity index is 677. The third kappa shape index (κ3) is 8.95. The van der Waals surface area contributed by atoms with Crippen LogP contribution in [0.2, 0.25) is 0 Å². The second-order valence-electron chi connectivity index (χ2n) is 8.51. The topological polar surface area (TPSA) is 37.3 Å². The van der Waals surface area contributed by atoms with Gasteiger partial charge < -0.3 is 5.11 Å². The van der Waals surface area contributed by atoms with Crippen molar-refractivity contribution in [1.82, 2.24) is 0 Å². The molecule has 2 nitrogen and oxygen atoms in total. The Morgan fingerprint density at radius 2 is 1.83 bits per heavy atom. The maximum Gasteiger partial charge on any atom is 0.411 e. The highest BCUT2D eigenvalue weighted by molar-refractivity contribution is 5.93. The van der Waals surface area contributed by atoms with Crippen molar-refractivity contribution in [3.8, 4) is 11.8 Å². The molecule has 1 saturated carbocycles. The van der Waals surface area contributed by atoms with Crippen LogP contribution in [0.1, 0.15) is 58.8 Å². The second-order valence-corrected chi connectivity index (χ2v) is 8.51. The highest BCUT2D eigenvalue weighted by atomic mass is 19.4.